The maximum absolute atomic E-state index is 15.2. The Morgan fingerprint density at radius 2 is 1.95 bits per heavy atom. The summed E-state index contributed by atoms with van der Waals surface area (Å²) in [5.74, 6) is 0.157. The molecule has 0 amide bonds. The van der Waals surface area contributed by atoms with Crippen LogP contribution in [0, 0.1) is 5.82 Å². The monoisotopic (exact) mass is 562 g/mol. The molecule has 9 nitrogen and oxygen atoms in total. The van der Waals surface area contributed by atoms with E-state index in [1.165, 1.54) is 0 Å². The molecular formula is C28H36ClFN4O5. The molecule has 3 aliphatic rings. The number of aryl methyl sites for hydroxylation is 2. The van der Waals surface area contributed by atoms with Crippen LogP contribution in [0.15, 0.2) is 18.2 Å². The molecule has 4 N–H and O–H groups in total. The fourth-order valence-electron chi connectivity index (χ4n) is 5.42. The van der Waals surface area contributed by atoms with Crippen LogP contribution < -0.4 is 10.1 Å². The summed E-state index contributed by atoms with van der Waals surface area (Å²) in [6.07, 6.45) is 0.808. The molecular weight excluding hydrogens is 527 g/mol. The maximum Gasteiger partial charge on any atom is 0.296 e. The lowest BCUT2D eigenvalue weighted by Gasteiger charge is -2.18. The molecule has 2 aliphatic heterocycles. The lowest BCUT2D eigenvalue weighted by Crippen LogP contribution is -2.34. The van der Waals surface area contributed by atoms with Crippen molar-refractivity contribution in [3.05, 3.63) is 45.7 Å². The van der Waals surface area contributed by atoms with E-state index in [0.717, 1.165) is 17.5 Å². The SMILES string of the molecule is CC.CC(C)(O)CCc1cc(F)c2c(c1)CC[C@@H]2Nc1nc2nc(O[C@@H]3COC4[C@H](O)CO[C@@H]43)[nH]c2cc1Cl. The van der Waals surface area contributed by atoms with Crippen LogP contribution in [0.25, 0.3) is 11.2 Å². The number of imidazole rings is 1. The third kappa shape index (κ3) is 5.85. The number of anilines is 1. The number of aliphatic hydroxyl groups is 2. The molecule has 2 aromatic heterocycles. The first-order valence-corrected chi connectivity index (χ1v) is 14.0. The fourth-order valence-corrected chi connectivity index (χ4v) is 5.63. The average Bonchev–Trinajstić information content (AvgIpc) is 3.65. The number of hydrogen-bond donors (Lipinski definition) is 4. The van der Waals surface area contributed by atoms with E-state index in [1.807, 2.05) is 19.9 Å². The first-order valence-electron chi connectivity index (χ1n) is 13.6. The number of hydrogen-bond acceptors (Lipinski definition) is 8. The Labute approximate surface area is 232 Å². The van der Waals surface area contributed by atoms with Gasteiger partial charge in [0, 0.05) is 5.56 Å². The summed E-state index contributed by atoms with van der Waals surface area (Å²) in [6, 6.07) is 5.29. The molecule has 5 atom stereocenters. The van der Waals surface area contributed by atoms with Gasteiger partial charge in [0.15, 0.2) is 11.8 Å². The Kier molecular flexibility index (Phi) is 8.03. The number of rotatable bonds is 7. The molecule has 0 bridgehead atoms. The second kappa shape index (κ2) is 11.2. The van der Waals surface area contributed by atoms with Crippen molar-refractivity contribution in [2.24, 2.45) is 0 Å². The average molecular weight is 563 g/mol. The van der Waals surface area contributed by atoms with Crippen molar-refractivity contribution in [1.29, 1.82) is 0 Å². The topological polar surface area (TPSA) is 122 Å². The van der Waals surface area contributed by atoms with Crippen LogP contribution in [0.4, 0.5) is 10.2 Å². The quantitative estimate of drug-likeness (QED) is 0.332. The first-order chi connectivity index (χ1) is 18.6. The van der Waals surface area contributed by atoms with Crippen LogP contribution >= 0.6 is 11.6 Å². The summed E-state index contributed by atoms with van der Waals surface area (Å²) in [4.78, 5) is 12.1. The summed E-state index contributed by atoms with van der Waals surface area (Å²) in [5, 5.41) is 23.6. The first kappa shape index (κ1) is 28.0. The van der Waals surface area contributed by atoms with Gasteiger partial charge >= 0.3 is 0 Å². The molecule has 11 heteroatoms. The minimum Gasteiger partial charge on any atom is -0.456 e. The fraction of sp³-hybridized carbons (Fsp3) is 0.571. The minimum atomic E-state index is -0.794. The summed E-state index contributed by atoms with van der Waals surface area (Å²) in [7, 11) is 0. The third-order valence-corrected chi connectivity index (χ3v) is 7.60. The Morgan fingerprint density at radius 3 is 2.72 bits per heavy atom. The number of aliphatic hydroxyl groups excluding tert-OH is 1. The molecule has 1 unspecified atom stereocenters. The highest BCUT2D eigenvalue weighted by Gasteiger charge is 2.48. The van der Waals surface area contributed by atoms with Gasteiger partial charge in [0.1, 0.15) is 29.9 Å². The van der Waals surface area contributed by atoms with E-state index < -0.39 is 23.9 Å². The molecule has 39 heavy (non-hydrogen) atoms. The van der Waals surface area contributed by atoms with Gasteiger partial charge in [-0.15, -0.1) is 0 Å². The number of H-pyrrole nitrogens is 1. The van der Waals surface area contributed by atoms with E-state index >= 15 is 4.39 Å². The molecule has 2 saturated heterocycles. The number of nitrogens with one attached hydrogen (secondary N) is 2. The lowest BCUT2D eigenvalue weighted by molar-refractivity contribution is 0.00706. The van der Waals surface area contributed by atoms with Crippen LogP contribution in [0.1, 0.15) is 63.3 Å². The summed E-state index contributed by atoms with van der Waals surface area (Å²) in [6.45, 7) is 8.02. The Morgan fingerprint density at radius 1 is 1.18 bits per heavy atom. The zero-order chi connectivity index (χ0) is 27.9. The van der Waals surface area contributed by atoms with E-state index in [0.29, 0.717) is 46.8 Å². The highest BCUT2D eigenvalue weighted by Crippen LogP contribution is 2.38. The van der Waals surface area contributed by atoms with Gasteiger partial charge in [0.05, 0.1) is 35.4 Å². The number of ether oxygens (including phenoxy) is 3. The van der Waals surface area contributed by atoms with Gasteiger partial charge in [-0.3, -0.25) is 0 Å². The van der Waals surface area contributed by atoms with Crippen molar-refractivity contribution in [3.63, 3.8) is 0 Å². The number of halogens is 2. The number of benzene rings is 1. The number of fused-ring (bicyclic) bond motifs is 3. The molecule has 0 spiro atoms. The molecule has 4 heterocycles. The third-order valence-electron chi connectivity index (χ3n) is 7.31. The van der Waals surface area contributed by atoms with E-state index in [-0.39, 0.29) is 37.2 Å². The Bertz CT molecular complexity index is 1330. The molecule has 2 fully saturated rings. The van der Waals surface area contributed by atoms with Gasteiger partial charge in [-0.1, -0.05) is 31.5 Å². The summed E-state index contributed by atoms with van der Waals surface area (Å²) >= 11 is 6.53. The zero-order valence-electron chi connectivity index (χ0n) is 22.6. The number of aromatic amines is 1. The van der Waals surface area contributed by atoms with Crippen molar-refractivity contribution < 1.29 is 28.8 Å². The standard InChI is InChI=1S/C26H30ClFN4O5.C2H6/c1-26(2,34)6-5-12-7-13-3-4-16(20(13)15(28)8-12)29-23-14(27)9-17-24(31-23)32-25(30-17)37-19-11-36-21-18(33)10-35-22(19)21;1-2/h7-9,16,18-19,21-22,33-34H,3-6,10-11H2,1-2H3,(H2,29,30,31,32);1-2H3/t16-,18+,19+,21?,22+;/m0./s1. The van der Waals surface area contributed by atoms with Crippen molar-refractivity contribution in [1.82, 2.24) is 15.0 Å². The van der Waals surface area contributed by atoms with Crippen LogP contribution in [-0.4, -0.2) is 68.4 Å². The molecule has 0 saturated carbocycles. The highest BCUT2D eigenvalue weighted by molar-refractivity contribution is 6.33. The van der Waals surface area contributed by atoms with Gasteiger partial charge in [-0.05, 0) is 62.8 Å². The Balaban J connectivity index is 0.00000151. The van der Waals surface area contributed by atoms with Crippen molar-refractivity contribution in [3.8, 4) is 6.01 Å². The van der Waals surface area contributed by atoms with Gasteiger partial charge in [0.2, 0.25) is 0 Å². The van der Waals surface area contributed by atoms with Crippen LogP contribution in [0.2, 0.25) is 5.02 Å². The summed E-state index contributed by atoms with van der Waals surface area (Å²) < 4.78 is 32.3. The van der Waals surface area contributed by atoms with Crippen LogP contribution in [-0.2, 0) is 22.3 Å². The molecule has 6 rings (SSSR count). The van der Waals surface area contributed by atoms with Gasteiger partial charge in [0.25, 0.3) is 6.01 Å². The summed E-state index contributed by atoms with van der Waals surface area (Å²) in [5.41, 5.74) is 2.70. The molecule has 1 aliphatic carbocycles. The van der Waals surface area contributed by atoms with Gasteiger partial charge in [-0.2, -0.15) is 4.98 Å². The van der Waals surface area contributed by atoms with Crippen LogP contribution in [0.3, 0.4) is 0 Å². The maximum atomic E-state index is 15.2. The number of nitrogens with zero attached hydrogens (tertiary/aromatic N) is 2. The molecule has 212 valence electrons. The smallest absolute Gasteiger partial charge is 0.296 e. The van der Waals surface area contributed by atoms with Crippen molar-refractivity contribution in [2.45, 2.75) is 89.4 Å². The predicted octanol–water partition coefficient (Wildman–Crippen LogP) is 4.49. The van der Waals surface area contributed by atoms with Crippen molar-refractivity contribution >= 4 is 28.6 Å². The zero-order valence-corrected chi connectivity index (χ0v) is 23.4. The molecule has 3 aromatic rings. The minimum absolute atomic E-state index is 0.217. The second-order valence-corrected chi connectivity index (χ2v) is 11.2. The largest absolute Gasteiger partial charge is 0.456 e. The second-order valence-electron chi connectivity index (χ2n) is 10.7. The number of pyridine rings is 1. The normalized spacial score (nSPS) is 25.8. The van der Waals surface area contributed by atoms with Crippen molar-refractivity contribution in [2.75, 3.05) is 18.5 Å². The van der Waals surface area contributed by atoms with Gasteiger partial charge < -0.3 is 34.7 Å². The van der Waals surface area contributed by atoms with E-state index in [2.05, 4.69) is 20.3 Å². The predicted molar refractivity (Wildman–Crippen MR) is 146 cm³/mol. The van der Waals surface area contributed by atoms with Gasteiger partial charge in [-0.25, -0.2) is 9.37 Å². The van der Waals surface area contributed by atoms with E-state index in [9.17, 15) is 10.2 Å². The molecule has 1 aromatic carbocycles. The van der Waals surface area contributed by atoms with Crippen LogP contribution in [0.5, 0.6) is 6.01 Å². The van der Waals surface area contributed by atoms with E-state index in [1.54, 1.807) is 26.0 Å². The number of aromatic nitrogens is 3. The van der Waals surface area contributed by atoms with E-state index in [4.69, 9.17) is 25.8 Å². The Hall–Kier alpha value is -2.50. The molecule has 0 radical (unpaired) electrons. The highest BCUT2D eigenvalue weighted by atomic mass is 35.5. The lowest BCUT2D eigenvalue weighted by atomic mass is 9.96.